The molecule has 0 fully saturated rings. The quantitative estimate of drug-likeness (QED) is 0.419. The van der Waals surface area contributed by atoms with Gasteiger partial charge in [0.1, 0.15) is 0 Å². The summed E-state index contributed by atoms with van der Waals surface area (Å²) in [5.41, 5.74) is 3.07. The van der Waals surface area contributed by atoms with Crippen molar-refractivity contribution in [1.29, 1.82) is 0 Å². The molecular formula is C18H16ClNO5. The van der Waals surface area contributed by atoms with Crippen LogP contribution >= 0.6 is 0 Å². The van der Waals surface area contributed by atoms with Crippen molar-refractivity contribution in [3.63, 3.8) is 0 Å². The summed E-state index contributed by atoms with van der Waals surface area (Å²) < 4.78 is 36.0. The minimum absolute atomic E-state index is 0.129. The Morgan fingerprint density at radius 1 is 0.920 bits per heavy atom. The van der Waals surface area contributed by atoms with Crippen LogP contribution in [0.4, 0.5) is 0 Å². The lowest BCUT2D eigenvalue weighted by molar-refractivity contribution is -2.00. The van der Waals surface area contributed by atoms with Gasteiger partial charge in [-0.1, -0.05) is 42.5 Å². The van der Waals surface area contributed by atoms with Gasteiger partial charge in [0, 0.05) is 23.1 Å². The second kappa shape index (κ2) is 8.15. The Hall–Kier alpha value is -2.35. The van der Waals surface area contributed by atoms with E-state index in [-0.39, 0.29) is 5.78 Å². The number of ketones is 1. The van der Waals surface area contributed by atoms with Gasteiger partial charge in [0.15, 0.2) is 6.20 Å². The van der Waals surface area contributed by atoms with E-state index in [4.69, 9.17) is 18.6 Å². The van der Waals surface area contributed by atoms with Crippen molar-refractivity contribution in [3.05, 3.63) is 78.0 Å². The third kappa shape index (κ3) is 5.90. The molecule has 0 atom stereocenters. The lowest BCUT2D eigenvalue weighted by atomic mass is 10.1. The Labute approximate surface area is 146 Å². The minimum Gasteiger partial charge on any atom is -0.287 e. The number of aromatic nitrogens is 1. The molecule has 0 N–H and O–H groups in total. The lowest BCUT2D eigenvalue weighted by Crippen LogP contribution is -2.68. The van der Waals surface area contributed by atoms with Gasteiger partial charge in [0.05, 0.1) is 0 Å². The summed E-state index contributed by atoms with van der Waals surface area (Å²) in [6.07, 6.45) is 1.98. The largest absolute Gasteiger partial charge is 0.287 e. The van der Waals surface area contributed by atoms with Gasteiger partial charge in [-0.05, 0) is 18.6 Å². The highest BCUT2D eigenvalue weighted by atomic mass is 35.7. The van der Waals surface area contributed by atoms with Crippen molar-refractivity contribution in [2.24, 2.45) is 0 Å². The number of rotatable bonds is 3. The first-order valence-corrected chi connectivity index (χ1v) is 8.57. The first kappa shape index (κ1) is 19.0. The van der Waals surface area contributed by atoms with Crippen LogP contribution in [0.25, 0.3) is 10.9 Å². The van der Waals surface area contributed by atoms with Gasteiger partial charge in [-0.3, -0.25) is 4.79 Å². The number of carbonyl (C=O) groups is 1. The van der Waals surface area contributed by atoms with Crippen LogP contribution in [-0.4, -0.2) is 5.78 Å². The van der Waals surface area contributed by atoms with E-state index >= 15 is 0 Å². The lowest BCUT2D eigenvalue weighted by Gasteiger charge is -2.17. The molecule has 0 aliphatic heterocycles. The molecule has 0 amide bonds. The van der Waals surface area contributed by atoms with Gasteiger partial charge in [-0.2, -0.15) is 4.57 Å². The molecule has 3 rings (SSSR count). The van der Waals surface area contributed by atoms with Gasteiger partial charge in [-0.15, -0.1) is 10.2 Å². The first-order valence-electron chi connectivity index (χ1n) is 7.33. The number of benzene rings is 2. The van der Waals surface area contributed by atoms with Crippen LogP contribution in [0.3, 0.4) is 0 Å². The van der Waals surface area contributed by atoms with Crippen molar-refractivity contribution < 1.29 is 38.2 Å². The Morgan fingerprint density at radius 2 is 1.48 bits per heavy atom. The van der Waals surface area contributed by atoms with E-state index < -0.39 is 10.2 Å². The summed E-state index contributed by atoms with van der Waals surface area (Å²) in [5.74, 6) is 0.129. The van der Waals surface area contributed by atoms with E-state index in [0.717, 1.165) is 11.1 Å². The molecule has 1 heterocycles. The maximum atomic E-state index is 12.3. The number of pyridine rings is 1. The second-order valence-corrected chi connectivity index (χ2v) is 6.07. The van der Waals surface area contributed by atoms with E-state index in [9.17, 15) is 4.79 Å². The fourth-order valence-corrected chi connectivity index (χ4v) is 2.44. The molecule has 0 spiro atoms. The monoisotopic (exact) mass is 361 g/mol. The first-order chi connectivity index (χ1) is 11.8. The summed E-state index contributed by atoms with van der Waals surface area (Å²) >= 11 is 0. The van der Waals surface area contributed by atoms with Crippen LogP contribution in [0.2, 0.25) is 0 Å². The average Bonchev–Trinajstić information content (AvgIpc) is 2.57. The molecule has 130 valence electrons. The SMILES string of the molecule is Cc1cc[n+](CC(=O)c2ccccc2)c2ccccc12.[O-][Cl+3]([O-])([O-])[O-]. The second-order valence-electron chi connectivity index (χ2n) is 5.31. The predicted octanol–water partition coefficient (Wildman–Crippen LogP) is -1.44. The molecule has 0 aliphatic carbocycles. The van der Waals surface area contributed by atoms with E-state index in [1.54, 1.807) is 0 Å². The van der Waals surface area contributed by atoms with Gasteiger partial charge in [0.2, 0.25) is 17.8 Å². The zero-order chi connectivity index (χ0) is 18.4. The zero-order valence-corrected chi connectivity index (χ0v) is 14.2. The molecule has 0 saturated heterocycles. The number of aryl methyl sites for hydroxylation is 1. The molecule has 0 saturated carbocycles. The maximum Gasteiger partial charge on any atom is 0.227 e. The van der Waals surface area contributed by atoms with E-state index in [2.05, 4.69) is 25.1 Å². The number of hydrogen-bond donors (Lipinski definition) is 0. The fraction of sp³-hybridized carbons (Fsp3) is 0.111. The van der Waals surface area contributed by atoms with E-state index in [0.29, 0.717) is 6.54 Å². The molecule has 0 bridgehead atoms. The molecular weight excluding hydrogens is 346 g/mol. The highest BCUT2D eigenvalue weighted by Gasteiger charge is 2.15. The number of fused-ring (bicyclic) bond motifs is 1. The van der Waals surface area contributed by atoms with Gasteiger partial charge < -0.3 is 0 Å². The number of Topliss-reactive ketones (excluding diaryl/α,β-unsaturated/α-hetero) is 1. The molecule has 25 heavy (non-hydrogen) atoms. The summed E-state index contributed by atoms with van der Waals surface area (Å²) in [6, 6.07) is 19.7. The fourth-order valence-electron chi connectivity index (χ4n) is 2.44. The summed E-state index contributed by atoms with van der Waals surface area (Å²) in [6.45, 7) is 2.45. The van der Waals surface area contributed by atoms with Crippen molar-refractivity contribution in [3.8, 4) is 0 Å². The van der Waals surface area contributed by atoms with Crippen LogP contribution in [0.5, 0.6) is 0 Å². The average molecular weight is 362 g/mol. The summed E-state index contributed by atoms with van der Waals surface area (Å²) in [5, 5.41) is 1.19. The Kier molecular flexibility index (Phi) is 6.19. The van der Waals surface area contributed by atoms with Crippen LogP contribution < -0.4 is 23.2 Å². The van der Waals surface area contributed by atoms with Crippen LogP contribution in [0, 0.1) is 17.2 Å². The third-order valence-electron chi connectivity index (χ3n) is 3.55. The van der Waals surface area contributed by atoms with Gasteiger partial charge in [-0.25, -0.2) is 18.6 Å². The third-order valence-corrected chi connectivity index (χ3v) is 3.55. The Balaban J connectivity index is 0.000000399. The van der Waals surface area contributed by atoms with Crippen LogP contribution in [-0.2, 0) is 6.54 Å². The molecule has 2 aromatic carbocycles. The van der Waals surface area contributed by atoms with Crippen LogP contribution in [0.1, 0.15) is 15.9 Å². The molecule has 0 unspecified atom stereocenters. The highest BCUT2D eigenvalue weighted by molar-refractivity contribution is 5.95. The standard InChI is InChI=1S/C18H16NO.ClHO4/c1-14-11-12-19(17-10-6-5-9-16(14)17)13-18(20)15-7-3-2-4-8-15;2-1(3,4)5/h2-12H,13H2,1H3;(H,2,3,4,5)/q+1;/p-1. The number of nitrogens with zero attached hydrogens (tertiary/aromatic N) is 1. The predicted molar refractivity (Wildman–Crippen MR) is 79.7 cm³/mol. The highest BCUT2D eigenvalue weighted by Crippen LogP contribution is 2.14. The van der Waals surface area contributed by atoms with Crippen molar-refractivity contribution >= 4 is 16.7 Å². The molecule has 6 nitrogen and oxygen atoms in total. The molecule has 3 aromatic rings. The van der Waals surface area contributed by atoms with Crippen molar-refractivity contribution in [1.82, 2.24) is 0 Å². The topological polar surface area (TPSA) is 113 Å². The Bertz CT molecular complexity index is 856. The normalized spacial score (nSPS) is 10.9. The molecule has 0 aliphatic rings. The minimum atomic E-state index is -4.94. The van der Waals surface area contributed by atoms with E-state index in [1.165, 1.54) is 10.9 Å². The molecule has 0 radical (unpaired) electrons. The zero-order valence-electron chi connectivity index (χ0n) is 13.4. The molecule has 7 heteroatoms. The number of para-hydroxylation sites is 1. The Morgan fingerprint density at radius 3 is 2.12 bits per heavy atom. The van der Waals surface area contributed by atoms with Gasteiger partial charge >= 0.3 is 0 Å². The summed E-state index contributed by atoms with van der Waals surface area (Å²) in [4.78, 5) is 12.3. The maximum absolute atomic E-state index is 12.3. The summed E-state index contributed by atoms with van der Waals surface area (Å²) in [7, 11) is -4.94. The van der Waals surface area contributed by atoms with Crippen molar-refractivity contribution in [2.45, 2.75) is 13.5 Å². The number of carbonyl (C=O) groups excluding carboxylic acids is 1. The smallest absolute Gasteiger partial charge is 0.227 e. The van der Waals surface area contributed by atoms with E-state index in [1.807, 2.05) is 53.2 Å². The van der Waals surface area contributed by atoms with Crippen molar-refractivity contribution in [2.75, 3.05) is 0 Å². The van der Waals surface area contributed by atoms with Gasteiger partial charge in [0.25, 0.3) is 0 Å². The van der Waals surface area contributed by atoms with Crippen LogP contribution in [0.15, 0.2) is 66.9 Å². The molecule has 1 aromatic heterocycles. The number of hydrogen-bond acceptors (Lipinski definition) is 5. The number of halogens is 1.